The average Bonchev–Trinajstić information content (AvgIpc) is 3.35. The van der Waals surface area contributed by atoms with Crippen molar-refractivity contribution in [2.24, 2.45) is 0 Å². The molecule has 0 saturated carbocycles. The quantitative estimate of drug-likeness (QED) is 0.383. The second-order valence-electron chi connectivity index (χ2n) is 8.60. The highest BCUT2D eigenvalue weighted by Gasteiger charge is 2.41. The van der Waals surface area contributed by atoms with Gasteiger partial charge in [-0.3, -0.25) is 9.97 Å². The van der Waals surface area contributed by atoms with Gasteiger partial charge in [0.2, 0.25) is 0 Å². The van der Waals surface area contributed by atoms with Crippen molar-refractivity contribution in [2.45, 2.75) is 32.5 Å². The number of hydrogen-bond acceptors (Lipinski definition) is 4. The van der Waals surface area contributed by atoms with E-state index in [4.69, 9.17) is 12.2 Å². The number of pyridine rings is 2. The summed E-state index contributed by atoms with van der Waals surface area (Å²) in [5, 5.41) is 13.9. The van der Waals surface area contributed by atoms with Crippen LogP contribution in [0.1, 0.15) is 50.7 Å². The van der Waals surface area contributed by atoms with E-state index in [0.29, 0.717) is 17.3 Å². The number of thiocarbonyl (C=S) groups is 1. The molecule has 8 heteroatoms. The molecule has 0 amide bonds. The lowest BCUT2D eigenvalue weighted by atomic mass is 9.96. The second-order valence-corrected chi connectivity index (χ2v) is 8.99. The highest BCUT2D eigenvalue weighted by atomic mass is 32.1. The smallest absolute Gasteiger partial charge is 0.337 e. The number of carbonyl (C=O) groups is 1. The van der Waals surface area contributed by atoms with Crippen LogP contribution in [0.15, 0.2) is 79.3 Å². The van der Waals surface area contributed by atoms with Gasteiger partial charge in [0.1, 0.15) is 0 Å². The first-order valence-electron chi connectivity index (χ1n) is 11.3. The summed E-state index contributed by atoms with van der Waals surface area (Å²) in [6, 6.07) is 18.7. The maximum absolute atomic E-state index is 12.0. The van der Waals surface area contributed by atoms with Crippen molar-refractivity contribution >= 4 is 23.3 Å². The highest BCUT2D eigenvalue weighted by molar-refractivity contribution is 7.80. The van der Waals surface area contributed by atoms with Gasteiger partial charge in [-0.1, -0.05) is 24.3 Å². The van der Waals surface area contributed by atoms with Crippen LogP contribution in [0.5, 0.6) is 0 Å². The lowest BCUT2D eigenvalue weighted by Gasteiger charge is -2.28. The Hall–Kier alpha value is -4.04. The lowest BCUT2D eigenvalue weighted by Crippen LogP contribution is -2.29. The Morgan fingerprint density at radius 1 is 1.09 bits per heavy atom. The van der Waals surface area contributed by atoms with E-state index in [-0.39, 0.29) is 17.6 Å². The van der Waals surface area contributed by atoms with Crippen LogP contribution < -0.4 is 5.32 Å². The normalized spacial score (nSPS) is 17.4. The van der Waals surface area contributed by atoms with E-state index in [1.165, 1.54) is 0 Å². The minimum Gasteiger partial charge on any atom is -0.478 e. The van der Waals surface area contributed by atoms with E-state index in [1.807, 2.05) is 67.1 Å². The molecule has 176 valence electrons. The third kappa shape index (κ3) is 4.17. The summed E-state index contributed by atoms with van der Waals surface area (Å²) in [7, 11) is 0. The van der Waals surface area contributed by atoms with E-state index in [9.17, 15) is 9.90 Å². The van der Waals surface area contributed by atoms with Crippen LogP contribution in [0.3, 0.4) is 0 Å². The molecule has 1 fully saturated rings. The van der Waals surface area contributed by atoms with Crippen molar-refractivity contribution in [3.8, 4) is 5.69 Å². The highest BCUT2D eigenvalue weighted by Crippen LogP contribution is 2.42. The zero-order valence-corrected chi connectivity index (χ0v) is 20.2. The third-order valence-corrected chi connectivity index (χ3v) is 6.79. The Labute approximate surface area is 209 Å². The number of aromatic nitrogens is 3. The SMILES string of the molecule is Cc1cc([C@H]2[C@H](c3ccccn3)NC(=S)N2Cc2cccnc2)c(C)n1-c1ccccc1C(=O)O. The Bertz CT molecular complexity index is 1390. The molecule has 4 heterocycles. The van der Waals surface area contributed by atoms with Gasteiger partial charge in [0.25, 0.3) is 0 Å². The molecule has 35 heavy (non-hydrogen) atoms. The van der Waals surface area contributed by atoms with Crippen molar-refractivity contribution in [3.05, 3.63) is 113 Å². The summed E-state index contributed by atoms with van der Waals surface area (Å²) < 4.78 is 2.01. The number of aromatic carboxylic acids is 1. The molecule has 7 nitrogen and oxygen atoms in total. The minimum absolute atomic E-state index is 0.144. The van der Waals surface area contributed by atoms with Gasteiger partial charge in [-0.25, -0.2) is 4.79 Å². The fourth-order valence-corrected chi connectivity index (χ4v) is 5.22. The van der Waals surface area contributed by atoms with E-state index in [0.717, 1.165) is 28.2 Å². The third-order valence-electron chi connectivity index (χ3n) is 6.44. The van der Waals surface area contributed by atoms with E-state index in [1.54, 1.807) is 24.5 Å². The van der Waals surface area contributed by atoms with Crippen LogP contribution >= 0.6 is 12.2 Å². The monoisotopic (exact) mass is 483 g/mol. The fourth-order valence-electron chi connectivity index (χ4n) is 4.91. The van der Waals surface area contributed by atoms with Crippen LogP contribution in [0, 0.1) is 13.8 Å². The van der Waals surface area contributed by atoms with Crippen LogP contribution in [0.2, 0.25) is 0 Å². The number of aryl methyl sites for hydroxylation is 1. The maximum atomic E-state index is 12.0. The predicted octanol–water partition coefficient (Wildman–Crippen LogP) is 4.76. The standard InChI is InChI=1S/C27H25N5O2S/c1-17-14-21(18(2)32(17)23-11-4-3-9-20(23)26(33)34)25-24(22-10-5-6-13-29-22)30-27(35)31(25)16-19-8-7-12-28-15-19/h3-15,24-25H,16H2,1-2H3,(H,30,35)(H,33,34)/t24-,25-/m0/s1. The molecule has 0 bridgehead atoms. The minimum atomic E-state index is -0.956. The van der Waals surface area contributed by atoms with Crippen molar-refractivity contribution in [1.29, 1.82) is 0 Å². The Morgan fingerprint density at radius 3 is 2.60 bits per heavy atom. The zero-order chi connectivity index (χ0) is 24.5. The topological polar surface area (TPSA) is 83.3 Å². The zero-order valence-electron chi connectivity index (χ0n) is 19.4. The van der Waals surface area contributed by atoms with Gasteiger partial charge in [0.05, 0.1) is 29.0 Å². The molecule has 1 aliphatic heterocycles. The van der Waals surface area contributed by atoms with Crippen LogP contribution in [0.4, 0.5) is 0 Å². The molecule has 0 unspecified atom stereocenters. The number of rotatable bonds is 6. The molecule has 1 aromatic carbocycles. The van der Waals surface area contributed by atoms with Crippen LogP contribution in [0.25, 0.3) is 5.69 Å². The first-order valence-corrected chi connectivity index (χ1v) is 11.7. The van der Waals surface area contributed by atoms with Crippen molar-refractivity contribution < 1.29 is 9.90 Å². The summed E-state index contributed by atoms with van der Waals surface area (Å²) in [6.45, 7) is 4.61. The maximum Gasteiger partial charge on any atom is 0.337 e. The van der Waals surface area contributed by atoms with Crippen molar-refractivity contribution in [3.63, 3.8) is 0 Å². The van der Waals surface area contributed by atoms with Gasteiger partial charge in [0, 0.05) is 36.5 Å². The number of carboxylic acid groups (broad SMARTS) is 1. The average molecular weight is 484 g/mol. The van der Waals surface area contributed by atoms with Gasteiger partial charge >= 0.3 is 5.97 Å². The number of benzene rings is 1. The van der Waals surface area contributed by atoms with E-state index < -0.39 is 5.97 Å². The van der Waals surface area contributed by atoms with E-state index in [2.05, 4.69) is 26.3 Å². The first kappa shape index (κ1) is 22.7. The van der Waals surface area contributed by atoms with Gasteiger partial charge in [-0.15, -0.1) is 0 Å². The fraction of sp³-hybridized carbons (Fsp3) is 0.185. The van der Waals surface area contributed by atoms with Crippen molar-refractivity contribution in [1.82, 2.24) is 24.8 Å². The van der Waals surface area contributed by atoms with E-state index >= 15 is 0 Å². The van der Waals surface area contributed by atoms with Gasteiger partial charge in [-0.2, -0.15) is 0 Å². The molecular weight excluding hydrogens is 458 g/mol. The first-order chi connectivity index (χ1) is 17.0. The predicted molar refractivity (Wildman–Crippen MR) is 137 cm³/mol. The van der Waals surface area contributed by atoms with Crippen LogP contribution in [-0.4, -0.2) is 35.6 Å². The molecule has 0 radical (unpaired) electrons. The number of nitrogens with one attached hydrogen (secondary N) is 1. The Kier molecular flexibility index (Phi) is 6.05. The summed E-state index contributed by atoms with van der Waals surface area (Å²) >= 11 is 5.81. The molecule has 1 aliphatic rings. The van der Waals surface area contributed by atoms with Crippen LogP contribution in [-0.2, 0) is 6.54 Å². The summed E-state index contributed by atoms with van der Waals surface area (Å²) in [4.78, 5) is 23.0. The lowest BCUT2D eigenvalue weighted by molar-refractivity contribution is 0.0697. The summed E-state index contributed by atoms with van der Waals surface area (Å²) in [5.74, 6) is -0.956. The van der Waals surface area contributed by atoms with Gasteiger partial charge < -0.3 is 19.9 Å². The van der Waals surface area contributed by atoms with Crippen molar-refractivity contribution in [2.75, 3.05) is 0 Å². The summed E-state index contributed by atoms with van der Waals surface area (Å²) in [5.41, 5.74) is 5.82. The molecular formula is C27H25N5O2S. The molecule has 2 atom stereocenters. The Balaban J connectivity index is 1.65. The number of nitrogens with zero attached hydrogens (tertiary/aromatic N) is 4. The molecule has 5 rings (SSSR count). The molecule has 4 aromatic rings. The molecule has 0 aliphatic carbocycles. The van der Waals surface area contributed by atoms with Gasteiger partial charge in [-0.05, 0) is 73.6 Å². The van der Waals surface area contributed by atoms with Gasteiger partial charge in [0.15, 0.2) is 5.11 Å². The largest absolute Gasteiger partial charge is 0.478 e. The molecule has 0 spiro atoms. The molecule has 2 N–H and O–H groups in total. The number of carboxylic acids is 1. The summed E-state index contributed by atoms with van der Waals surface area (Å²) in [6.07, 6.45) is 5.39. The number of para-hydroxylation sites is 1. The molecule has 1 saturated heterocycles. The Morgan fingerprint density at radius 2 is 1.89 bits per heavy atom. The molecule has 3 aromatic heterocycles. The second kappa shape index (κ2) is 9.31. The number of hydrogen-bond donors (Lipinski definition) is 2.